The number of carbonyl (C=O) groups is 1. The van der Waals surface area contributed by atoms with Crippen molar-refractivity contribution in [2.24, 2.45) is 0 Å². The van der Waals surface area contributed by atoms with Crippen molar-refractivity contribution in [3.63, 3.8) is 0 Å². The molecule has 0 bridgehead atoms. The van der Waals surface area contributed by atoms with Crippen LogP contribution in [0.3, 0.4) is 0 Å². The molecular formula is C9H9IO3S. The van der Waals surface area contributed by atoms with Crippen molar-refractivity contribution >= 4 is 39.7 Å². The van der Waals surface area contributed by atoms with Gasteiger partial charge in [-0.05, 0) is 39.8 Å². The van der Waals surface area contributed by atoms with Gasteiger partial charge in [0.2, 0.25) is 5.75 Å². The summed E-state index contributed by atoms with van der Waals surface area (Å²) in [7, 11) is 0. The molecule has 0 aliphatic heterocycles. The molecule has 0 amide bonds. The van der Waals surface area contributed by atoms with E-state index in [1.54, 1.807) is 0 Å². The Hall–Kier alpha value is -0.270. The molecule has 0 heterocycles. The van der Waals surface area contributed by atoms with Crippen molar-refractivity contribution in [2.45, 2.75) is 5.75 Å². The third-order valence-electron chi connectivity index (χ3n) is 1.56. The van der Waals surface area contributed by atoms with Gasteiger partial charge in [0.25, 0.3) is 0 Å². The first-order valence-corrected chi connectivity index (χ1v) is 6.46. The van der Waals surface area contributed by atoms with Crippen molar-refractivity contribution in [2.75, 3.05) is 5.75 Å². The van der Waals surface area contributed by atoms with Crippen LogP contribution in [0.5, 0.6) is 0 Å². The van der Waals surface area contributed by atoms with Gasteiger partial charge in [0.05, 0.1) is 0 Å². The van der Waals surface area contributed by atoms with E-state index in [9.17, 15) is 9.35 Å². The zero-order valence-electron chi connectivity index (χ0n) is 7.27. The van der Waals surface area contributed by atoms with Crippen LogP contribution in [0, 0.1) is 3.57 Å². The van der Waals surface area contributed by atoms with E-state index < -0.39 is 17.1 Å². The number of hydrogen-bond donors (Lipinski definition) is 1. The molecule has 0 aliphatic carbocycles. The summed E-state index contributed by atoms with van der Waals surface area (Å²) in [6.07, 6.45) is 0. The summed E-state index contributed by atoms with van der Waals surface area (Å²) in [5.41, 5.74) is 0.938. The maximum absolute atomic E-state index is 11.3. The first-order valence-electron chi connectivity index (χ1n) is 3.90. The van der Waals surface area contributed by atoms with Crippen molar-refractivity contribution < 1.29 is 14.5 Å². The van der Waals surface area contributed by atoms with Gasteiger partial charge >= 0.3 is 5.97 Å². The van der Waals surface area contributed by atoms with Gasteiger partial charge in [-0.3, -0.25) is 0 Å². The minimum Gasteiger partial charge on any atom is -0.616 e. The predicted molar refractivity (Wildman–Crippen MR) is 63.5 cm³/mol. The van der Waals surface area contributed by atoms with Crippen molar-refractivity contribution in [3.8, 4) is 0 Å². The molecule has 1 N–H and O–H groups in total. The van der Waals surface area contributed by atoms with E-state index in [-0.39, 0.29) is 5.75 Å². The second-order valence-corrected chi connectivity index (χ2v) is 5.33. The van der Waals surface area contributed by atoms with Gasteiger partial charge in [0.15, 0.2) is 0 Å². The highest BCUT2D eigenvalue weighted by molar-refractivity contribution is 14.1. The second kappa shape index (κ2) is 5.57. The molecule has 0 aromatic heterocycles. The first-order chi connectivity index (χ1) is 6.59. The van der Waals surface area contributed by atoms with Crippen LogP contribution in [0.4, 0.5) is 0 Å². The number of benzene rings is 1. The largest absolute Gasteiger partial charge is 0.616 e. The van der Waals surface area contributed by atoms with Crippen LogP contribution >= 0.6 is 22.6 Å². The summed E-state index contributed by atoms with van der Waals surface area (Å²) in [6.45, 7) is 0. The number of aliphatic carboxylic acids is 1. The fourth-order valence-corrected chi connectivity index (χ4v) is 2.79. The molecule has 0 spiro atoms. The number of halogens is 1. The van der Waals surface area contributed by atoms with E-state index in [2.05, 4.69) is 22.6 Å². The lowest BCUT2D eigenvalue weighted by Gasteiger charge is -2.09. The SMILES string of the molecule is O=C(O)C[S@+]([O-])Cc1ccccc1I. The molecule has 1 aromatic carbocycles. The van der Waals surface area contributed by atoms with Gasteiger partial charge in [-0.25, -0.2) is 4.79 Å². The molecule has 76 valence electrons. The van der Waals surface area contributed by atoms with Crippen LogP contribution < -0.4 is 0 Å². The summed E-state index contributed by atoms with van der Waals surface area (Å²) in [6, 6.07) is 7.52. The highest BCUT2D eigenvalue weighted by Crippen LogP contribution is 2.14. The smallest absolute Gasteiger partial charge is 0.353 e. The van der Waals surface area contributed by atoms with Crippen LogP contribution in [-0.4, -0.2) is 21.4 Å². The molecule has 0 saturated heterocycles. The second-order valence-electron chi connectivity index (χ2n) is 2.71. The summed E-state index contributed by atoms with van der Waals surface area (Å²) in [5.74, 6) is -0.995. The van der Waals surface area contributed by atoms with Gasteiger partial charge in [0, 0.05) is 9.13 Å². The van der Waals surface area contributed by atoms with E-state index in [0.717, 1.165) is 9.13 Å². The van der Waals surface area contributed by atoms with E-state index >= 15 is 0 Å². The van der Waals surface area contributed by atoms with Crippen molar-refractivity contribution in [1.29, 1.82) is 0 Å². The highest BCUT2D eigenvalue weighted by atomic mass is 127. The van der Waals surface area contributed by atoms with Gasteiger partial charge in [-0.2, -0.15) is 0 Å². The Balaban J connectivity index is 2.60. The number of carboxylic acids is 1. The van der Waals surface area contributed by atoms with Crippen LogP contribution in [0.15, 0.2) is 24.3 Å². The zero-order chi connectivity index (χ0) is 10.6. The van der Waals surface area contributed by atoms with Gasteiger partial charge in [-0.15, -0.1) is 0 Å². The van der Waals surface area contributed by atoms with Crippen LogP contribution in [0.2, 0.25) is 0 Å². The molecule has 0 radical (unpaired) electrons. The molecule has 5 heteroatoms. The van der Waals surface area contributed by atoms with Gasteiger partial charge < -0.3 is 9.66 Å². The Bertz CT molecular complexity index is 330. The molecule has 0 fully saturated rings. The summed E-state index contributed by atoms with van der Waals surface area (Å²) in [4.78, 5) is 10.3. The fraction of sp³-hybridized carbons (Fsp3) is 0.222. The van der Waals surface area contributed by atoms with Crippen LogP contribution in [-0.2, 0) is 21.7 Å². The zero-order valence-corrected chi connectivity index (χ0v) is 10.2. The quantitative estimate of drug-likeness (QED) is 0.676. The molecule has 3 nitrogen and oxygen atoms in total. The third-order valence-corrected chi connectivity index (χ3v) is 3.81. The van der Waals surface area contributed by atoms with Gasteiger partial charge in [0.1, 0.15) is 5.75 Å². The van der Waals surface area contributed by atoms with Gasteiger partial charge in [-0.1, -0.05) is 18.2 Å². The monoisotopic (exact) mass is 324 g/mol. The Morgan fingerprint density at radius 1 is 1.50 bits per heavy atom. The average Bonchev–Trinajstić information content (AvgIpc) is 2.07. The maximum Gasteiger partial charge on any atom is 0.353 e. The number of carboxylic acid groups (broad SMARTS) is 1. The molecule has 0 unspecified atom stereocenters. The van der Waals surface area contributed by atoms with Crippen molar-refractivity contribution in [1.82, 2.24) is 0 Å². The lowest BCUT2D eigenvalue weighted by atomic mass is 10.2. The number of hydrogen-bond acceptors (Lipinski definition) is 2. The molecule has 1 aromatic rings. The molecule has 0 aliphatic rings. The van der Waals surface area contributed by atoms with E-state index in [0.29, 0.717) is 5.75 Å². The predicted octanol–water partition coefficient (Wildman–Crippen LogP) is 1.62. The lowest BCUT2D eigenvalue weighted by molar-refractivity contribution is -0.134. The van der Waals surface area contributed by atoms with Crippen LogP contribution in [0.1, 0.15) is 5.56 Å². The number of rotatable bonds is 4. The Labute approximate surface area is 98.8 Å². The normalized spacial score (nSPS) is 12.4. The first kappa shape index (κ1) is 11.8. The molecule has 1 rings (SSSR count). The summed E-state index contributed by atoms with van der Waals surface area (Å²) >= 11 is 0.830. The maximum atomic E-state index is 11.3. The minimum absolute atomic E-state index is 0.287. The Morgan fingerprint density at radius 3 is 2.71 bits per heavy atom. The molecule has 0 saturated carbocycles. The molecular weight excluding hydrogens is 315 g/mol. The standard InChI is InChI=1S/C9H9IO3S/c10-8-4-2-1-3-7(8)5-14(13)6-9(11)12/h1-4H,5-6H2,(H,11,12)/t14-/m1/s1. The highest BCUT2D eigenvalue weighted by Gasteiger charge is 2.13. The average molecular weight is 324 g/mol. The third kappa shape index (κ3) is 3.85. The lowest BCUT2D eigenvalue weighted by Crippen LogP contribution is -2.17. The van der Waals surface area contributed by atoms with E-state index in [1.807, 2.05) is 24.3 Å². The molecule has 14 heavy (non-hydrogen) atoms. The summed E-state index contributed by atoms with van der Waals surface area (Å²) < 4.78 is 12.3. The fourth-order valence-electron chi connectivity index (χ4n) is 0.978. The van der Waals surface area contributed by atoms with E-state index in [4.69, 9.17) is 5.11 Å². The Morgan fingerprint density at radius 2 is 2.14 bits per heavy atom. The van der Waals surface area contributed by atoms with Crippen molar-refractivity contribution in [3.05, 3.63) is 33.4 Å². The van der Waals surface area contributed by atoms with E-state index in [1.165, 1.54) is 0 Å². The summed E-state index contributed by atoms with van der Waals surface area (Å²) in [5, 5.41) is 8.44. The topological polar surface area (TPSA) is 60.4 Å². The Kier molecular flexibility index (Phi) is 4.70. The van der Waals surface area contributed by atoms with Crippen LogP contribution in [0.25, 0.3) is 0 Å². The minimum atomic E-state index is -1.32. The molecule has 1 atom stereocenters.